The number of nitrogens with zero attached hydrogens (tertiary/aromatic N) is 2. The van der Waals surface area contributed by atoms with E-state index in [0.29, 0.717) is 12.3 Å². The van der Waals surface area contributed by atoms with Crippen LogP contribution in [0.5, 0.6) is 0 Å². The number of unbranched alkanes of at least 4 members (excludes halogenated alkanes) is 3. The molecule has 7 heteroatoms. The summed E-state index contributed by atoms with van der Waals surface area (Å²) >= 11 is 0. The van der Waals surface area contributed by atoms with E-state index in [-0.39, 0.29) is 18.9 Å². The highest BCUT2D eigenvalue weighted by Gasteiger charge is 2.15. The van der Waals surface area contributed by atoms with E-state index in [1.807, 2.05) is 60.7 Å². The standard InChI is InChI=1S/C30H32N4O3/c35-27(16-10-2-1-5-11-23-12-6-3-7-13-23)29(36)32-22-28-33-34-30(37-28)25-17-19-26(20-18-25)31-21-24-14-8-4-9-15-24/h3-4,6-9,12-15,17-20,31H,1-2,5,10-11,16,21-22H2,(H,32,36). The van der Waals surface area contributed by atoms with Gasteiger partial charge in [-0.2, -0.15) is 0 Å². The molecule has 0 fully saturated rings. The summed E-state index contributed by atoms with van der Waals surface area (Å²) in [5.41, 5.74) is 4.29. The molecule has 1 amide bonds. The first kappa shape index (κ1) is 25.8. The largest absolute Gasteiger partial charge is 0.419 e. The van der Waals surface area contributed by atoms with Crippen molar-refractivity contribution in [1.82, 2.24) is 15.5 Å². The first-order valence-corrected chi connectivity index (χ1v) is 12.7. The van der Waals surface area contributed by atoms with Crippen LogP contribution in [0, 0.1) is 0 Å². The minimum Gasteiger partial charge on any atom is -0.419 e. The lowest BCUT2D eigenvalue weighted by atomic mass is 10.0. The lowest BCUT2D eigenvalue weighted by Crippen LogP contribution is -2.30. The van der Waals surface area contributed by atoms with Crippen molar-refractivity contribution in [3.8, 4) is 11.5 Å². The third-order valence-corrected chi connectivity index (χ3v) is 6.05. The van der Waals surface area contributed by atoms with E-state index < -0.39 is 11.7 Å². The second kappa shape index (κ2) is 13.7. The molecule has 37 heavy (non-hydrogen) atoms. The fraction of sp³-hybridized carbons (Fsp3) is 0.267. The van der Waals surface area contributed by atoms with E-state index in [0.717, 1.165) is 43.5 Å². The number of ketones is 1. The van der Waals surface area contributed by atoms with Crippen LogP contribution in [0.25, 0.3) is 11.5 Å². The number of hydrogen-bond acceptors (Lipinski definition) is 6. The number of amides is 1. The zero-order valence-corrected chi connectivity index (χ0v) is 20.9. The topological polar surface area (TPSA) is 97.1 Å². The molecule has 0 saturated carbocycles. The summed E-state index contributed by atoms with van der Waals surface area (Å²) in [7, 11) is 0. The molecular weight excluding hydrogens is 464 g/mol. The minimum atomic E-state index is -0.613. The van der Waals surface area contributed by atoms with Crippen LogP contribution < -0.4 is 10.6 Å². The van der Waals surface area contributed by atoms with Crippen molar-refractivity contribution >= 4 is 17.4 Å². The van der Waals surface area contributed by atoms with Gasteiger partial charge in [0.25, 0.3) is 5.91 Å². The average Bonchev–Trinajstić information content (AvgIpc) is 3.43. The lowest BCUT2D eigenvalue weighted by Gasteiger charge is -2.06. The molecule has 0 saturated heterocycles. The summed E-state index contributed by atoms with van der Waals surface area (Å²) < 4.78 is 5.66. The van der Waals surface area contributed by atoms with Crippen LogP contribution in [-0.4, -0.2) is 21.9 Å². The van der Waals surface area contributed by atoms with Crippen LogP contribution in [0.1, 0.15) is 49.1 Å². The molecule has 3 aromatic carbocycles. The third-order valence-electron chi connectivity index (χ3n) is 6.05. The van der Waals surface area contributed by atoms with Crippen LogP contribution in [-0.2, 0) is 29.1 Å². The van der Waals surface area contributed by atoms with E-state index >= 15 is 0 Å². The molecule has 0 aliphatic heterocycles. The van der Waals surface area contributed by atoms with Crippen molar-refractivity contribution in [3.05, 3.63) is 102 Å². The summed E-state index contributed by atoms with van der Waals surface area (Å²) in [5.74, 6) is -0.414. The van der Waals surface area contributed by atoms with Crippen LogP contribution >= 0.6 is 0 Å². The molecule has 0 unspecified atom stereocenters. The maximum Gasteiger partial charge on any atom is 0.287 e. The quantitative estimate of drug-likeness (QED) is 0.171. The first-order valence-electron chi connectivity index (χ1n) is 12.7. The van der Waals surface area contributed by atoms with Gasteiger partial charge in [0.1, 0.15) is 0 Å². The Morgan fingerprint density at radius 2 is 1.38 bits per heavy atom. The Morgan fingerprint density at radius 3 is 2.11 bits per heavy atom. The van der Waals surface area contributed by atoms with Gasteiger partial charge in [-0.1, -0.05) is 73.5 Å². The van der Waals surface area contributed by atoms with E-state index in [1.165, 1.54) is 11.1 Å². The Labute approximate surface area is 217 Å². The van der Waals surface area contributed by atoms with Gasteiger partial charge in [0.15, 0.2) is 0 Å². The molecule has 1 heterocycles. The molecule has 4 aromatic rings. The van der Waals surface area contributed by atoms with Gasteiger partial charge in [0, 0.05) is 24.2 Å². The van der Waals surface area contributed by atoms with Crippen molar-refractivity contribution in [2.75, 3.05) is 5.32 Å². The molecule has 0 aliphatic carbocycles. The second-order valence-corrected chi connectivity index (χ2v) is 8.92. The molecule has 4 rings (SSSR count). The first-order chi connectivity index (χ1) is 18.2. The lowest BCUT2D eigenvalue weighted by molar-refractivity contribution is -0.138. The Bertz CT molecular complexity index is 1260. The SMILES string of the molecule is O=C(CCCCCCc1ccccc1)C(=O)NCc1nnc(-c2ccc(NCc3ccccc3)cc2)o1. The normalized spacial score (nSPS) is 10.7. The molecule has 0 spiro atoms. The number of carbonyl (C=O) groups is 2. The predicted octanol–water partition coefficient (Wildman–Crippen LogP) is 5.73. The van der Waals surface area contributed by atoms with Crippen LogP contribution in [0.4, 0.5) is 5.69 Å². The number of aryl methyl sites for hydroxylation is 1. The molecular formula is C30H32N4O3. The predicted molar refractivity (Wildman–Crippen MR) is 144 cm³/mol. The van der Waals surface area contributed by atoms with Crippen molar-refractivity contribution in [3.63, 3.8) is 0 Å². The molecule has 0 radical (unpaired) electrons. The minimum absolute atomic E-state index is 0.0192. The van der Waals surface area contributed by atoms with E-state index in [2.05, 4.69) is 45.1 Å². The van der Waals surface area contributed by atoms with E-state index in [1.54, 1.807) is 0 Å². The molecule has 0 bridgehead atoms. The monoisotopic (exact) mass is 496 g/mol. The molecule has 0 aliphatic rings. The number of hydrogen-bond donors (Lipinski definition) is 2. The molecule has 190 valence electrons. The molecule has 7 nitrogen and oxygen atoms in total. The third kappa shape index (κ3) is 8.42. The molecule has 1 aromatic heterocycles. The summed E-state index contributed by atoms with van der Waals surface area (Å²) in [5, 5.41) is 14.0. The highest BCUT2D eigenvalue weighted by Crippen LogP contribution is 2.20. The van der Waals surface area contributed by atoms with Crippen molar-refractivity contribution in [2.24, 2.45) is 0 Å². The maximum absolute atomic E-state index is 12.1. The number of carbonyl (C=O) groups excluding carboxylic acids is 2. The second-order valence-electron chi connectivity index (χ2n) is 8.92. The van der Waals surface area contributed by atoms with Crippen LogP contribution in [0.2, 0.25) is 0 Å². The van der Waals surface area contributed by atoms with Gasteiger partial charge >= 0.3 is 0 Å². The number of benzene rings is 3. The number of rotatable bonds is 14. The maximum atomic E-state index is 12.1. The highest BCUT2D eigenvalue weighted by molar-refractivity contribution is 6.36. The van der Waals surface area contributed by atoms with Gasteiger partial charge in [-0.15, -0.1) is 10.2 Å². The van der Waals surface area contributed by atoms with Gasteiger partial charge in [0.2, 0.25) is 17.6 Å². The van der Waals surface area contributed by atoms with Crippen molar-refractivity contribution < 1.29 is 14.0 Å². The Morgan fingerprint density at radius 1 is 0.703 bits per heavy atom. The summed E-state index contributed by atoms with van der Waals surface area (Å²) in [6, 6.07) is 28.2. The van der Waals surface area contributed by atoms with Gasteiger partial charge in [-0.05, 0) is 54.7 Å². The van der Waals surface area contributed by atoms with Crippen molar-refractivity contribution in [2.45, 2.75) is 51.6 Å². The van der Waals surface area contributed by atoms with Crippen LogP contribution in [0.15, 0.2) is 89.3 Å². The Kier molecular flexibility index (Phi) is 9.58. The number of aromatic nitrogens is 2. The van der Waals surface area contributed by atoms with Crippen molar-refractivity contribution in [1.29, 1.82) is 0 Å². The summed E-state index contributed by atoms with van der Waals surface area (Å²) in [4.78, 5) is 24.3. The fourth-order valence-corrected chi connectivity index (χ4v) is 3.95. The summed E-state index contributed by atoms with van der Waals surface area (Å²) in [6.07, 6.45) is 5.05. The van der Waals surface area contributed by atoms with Gasteiger partial charge in [-0.25, -0.2) is 0 Å². The Balaban J connectivity index is 1.13. The number of nitrogens with one attached hydrogen (secondary N) is 2. The highest BCUT2D eigenvalue weighted by atomic mass is 16.4. The fourth-order valence-electron chi connectivity index (χ4n) is 3.95. The number of Topliss-reactive ketones (excluding diaryl/α,β-unsaturated/α-hetero) is 1. The zero-order chi connectivity index (χ0) is 25.7. The number of anilines is 1. The van der Waals surface area contributed by atoms with E-state index in [9.17, 15) is 9.59 Å². The van der Waals surface area contributed by atoms with E-state index in [4.69, 9.17) is 4.42 Å². The molecule has 2 N–H and O–H groups in total. The Hall–Kier alpha value is -4.26. The smallest absolute Gasteiger partial charge is 0.287 e. The van der Waals surface area contributed by atoms with Gasteiger partial charge in [-0.3, -0.25) is 9.59 Å². The van der Waals surface area contributed by atoms with Gasteiger partial charge < -0.3 is 15.1 Å². The van der Waals surface area contributed by atoms with Crippen LogP contribution in [0.3, 0.4) is 0 Å². The average molecular weight is 497 g/mol. The summed E-state index contributed by atoms with van der Waals surface area (Å²) in [6.45, 7) is 0.753. The zero-order valence-electron chi connectivity index (χ0n) is 20.9. The van der Waals surface area contributed by atoms with Gasteiger partial charge in [0.05, 0.1) is 6.54 Å². The molecule has 0 atom stereocenters.